The van der Waals surface area contributed by atoms with Gasteiger partial charge in [-0.3, -0.25) is 9.78 Å². The van der Waals surface area contributed by atoms with Crippen LogP contribution in [0.3, 0.4) is 0 Å². The highest BCUT2D eigenvalue weighted by molar-refractivity contribution is 5.96. The van der Waals surface area contributed by atoms with Crippen LogP contribution in [0.15, 0.2) is 61.1 Å². The summed E-state index contributed by atoms with van der Waals surface area (Å²) in [4.78, 5) is 27.1. The van der Waals surface area contributed by atoms with Gasteiger partial charge >= 0.3 is 0 Å². The fraction of sp³-hybridized carbons (Fsp3) is 0.231. The number of piperazine rings is 1. The molecule has 1 aromatic carbocycles. The van der Waals surface area contributed by atoms with Crippen molar-refractivity contribution in [1.82, 2.24) is 20.3 Å². The molecular formula is C26H29N7O. The Kier molecular flexibility index (Phi) is 6.98. The summed E-state index contributed by atoms with van der Waals surface area (Å²) in [5.74, 6) is 1.21. The molecule has 5 rings (SSSR count). The van der Waals surface area contributed by atoms with E-state index < -0.39 is 0 Å². The number of pyridine rings is 3. The predicted octanol–water partition coefficient (Wildman–Crippen LogP) is 4.29. The van der Waals surface area contributed by atoms with Crippen LogP contribution in [-0.4, -0.2) is 40.5 Å². The Hall–Kier alpha value is -4.04. The minimum Gasteiger partial charge on any atom is -0.383 e. The Bertz CT molecular complexity index is 1300. The molecule has 0 radical (unpaired) electrons. The van der Waals surface area contributed by atoms with E-state index in [4.69, 9.17) is 5.73 Å². The molecular weight excluding hydrogens is 426 g/mol. The second-order valence-corrected chi connectivity index (χ2v) is 7.77. The number of fused-ring (bicyclic) bond motifs is 1. The lowest BCUT2D eigenvalue weighted by Gasteiger charge is -2.27. The van der Waals surface area contributed by atoms with E-state index in [0.29, 0.717) is 24.7 Å². The molecule has 0 spiro atoms. The largest absolute Gasteiger partial charge is 0.383 e. The van der Waals surface area contributed by atoms with Gasteiger partial charge in [-0.05, 0) is 60.3 Å². The second kappa shape index (κ2) is 10.3. The average Bonchev–Trinajstić information content (AvgIpc) is 2.86. The fourth-order valence-electron chi connectivity index (χ4n) is 3.86. The van der Waals surface area contributed by atoms with E-state index >= 15 is 0 Å². The molecule has 1 aliphatic heterocycles. The number of nitrogens with one attached hydrogen (secondary N) is 2. The molecule has 174 valence electrons. The third-order valence-electron chi connectivity index (χ3n) is 5.60. The van der Waals surface area contributed by atoms with Crippen molar-refractivity contribution in [2.45, 2.75) is 20.8 Å². The Labute approximate surface area is 199 Å². The summed E-state index contributed by atoms with van der Waals surface area (Å²) in [5, 5.41) is 8.15. The molecule has 4 aromatic rings. The number of carbonyl (C=O) groups excluding carboxylic acids is 1. The van der Waals surface area contributed by atoms with Gasteiger partial charge in [0.15, 0.2) is 0 Å². The van der Waals surface area contributed by atoms with Crippen molar-refractivity contribution in [2.75, 3.05) is 35.6 Å². The van der Waals surface area contributed by atoms with Gasteiger partial charge in [0, 0.05) is 54.0 Å². The number of hydrogen-bond acceptors (Lipinski definition) is 7. The Balaban J connectivity index is 0.00000133. The molecule has 1 aliphatic rings. The van der Waals surface area contributed by atoms with Gasteiger partial charge in [0.2, 0.25) is 5.91 Å². The highest BCUT2D eigenvalue weighted by Crippen LogP contribution is 2.29. The van der Waals surface area contributed by atoms with Crippen molar-refractivity contribution in [3.63, 3.8) is 0 Å². The molecule has 8 heteroatoms. The highest BCUT2D eigenvalue weighted by atomic mass is 16.2. The fourth-order valence-corrected chi connectivity index (χ4v) is 3.86. The molecule has 1 fully saturated rings. The lowest BCUT2D eigenvalue weighted by Crippen LogP contribution is -2.48. The number of amides is 1. The van der Waals surface area contributed by atoms with Crippen LogP contribution in [0.25, 0.3) is 22.0 Å². The summed E-state index contributed by atoms with van der Waals surface area (Å²) < 4.78 is 0. The summed E-state index contributed by atoms with van der Waals surface area (Å²) in [6, 6.07) is 13.7. The second-order valence-electron chi connectivity index (χ2n) is 7.77. The van der Waals surface area contributed by atoms with E-state index in [0.717, 1.165) is 45.5 Å². The quantitative estimate of drug-likeness (QED) is 0.421. The van der Waals surface area contributed by atoms with Crippen LogP contribution >= 0.6 is 0 Å². The van der Waals surface area contributed by atoms with Crippen LogP contribution in [0.2, 0.25) is 0 Å². The topological polar surface area (TPSA) is 109 Å². The Morgan fingerprint density at radius 3 is 2.62 bits per heavy atom. The first-order valence-electron chi connectivity index (χ1n) is 11.4. The van der Waals surface area contributed by atoms with Gasteiger partial charge in [-0.15, -0.1) is 0 Å². The number of nitrogens with two attached hydrogens (primary N) is 1. The van der Waals surface area contributed by atoms with Crippen molar-refractivity contribution in [3.8, 4) is 11.3 Å². The number of nitrogens with zero attached hydrogens (tertiary/aromatic N) is 4. The average molecular weight is 456 g/mol. The van der Waals surface area contributed by atoms with Gasteiger partial charge in [0.05, 0.1) is 12.2 Å². The molecule has 0 bridgehead atoms. The normalized spacial score (nSPS) is 13.4. The number of nitrogen functional groups attached to an aromatic ring is 1. The lowest BCUT2D eigenvalue weighted by atomic mass is 10.1. The number of hydrogen-bond donors (Lipinski definition) is 3. The number of aromatic nitrogens is 3. The van der Waals surface area contributed by atoms with Gasteiger partial charge in [0.25, 0.3) is 0 Å². The Morgan fingerprint density at radius 1 is 1.09 bits per heavy atom. The van der Waals surface area contributed by atoms with E-state index in [9.17, 15) is 4.79 Å². The van der Waals surface area contributed by atoms with Crippen molar-refractivity contribution >= 4 is 39.7 Å². The molecule has 0 atom stereocenters. The molecule has 0 saturated carbocycles. The first-order chi connectivity index (χ1) is 16.6. The van der Waals surface area contributed by atoms with Crippen molar-refractivity contribution < 1.29 is 4.79 Å². The maximum absolute atomic E-state index is 12.1. The van der Waals surface area contributed by atoms with Crippen LogP contribution in [-0.2, 0) is 4.79 Å². The summed E-state index contributed by atoms with van der Waals surface area (Å²) >= 11 is 0. The van der Waals surface area contributed by atoms with Gasteiger partial charge in [-0.25, -0.2) is 9.97 Å². The van der Waals surface area contributed by atoms with Gasteiger partial charge in [-0.2, -0.15) is 0 Å². The van der Waals surface area contributed by atoms with Gasteiger partial charge in [0.1, 0.15) is 11.6 Å². The zero-order chi connectivity index (χ0) is 24.1. The SMILES string of the molecule is CC.Cc1ccncc1-c1cc2cc(Nc3ccc(N4CCNCC4=O)cc3)ncc2c(N)n1. The number of aryl methyl sites for hydroxylation is 1. The zero-order valence-corrected chi connectivity index (χ0v) is 19.7. The van der Waals surface area contributed by atoms with E-state index in [2.05, 4.69) is 25.6 Å². The summed E-state index contributed by atoms with van der Waals surface area (Å²) in [6.07, 6.45) is 5.29. The van der Waals surface area contributed by atoms with Crippen LogP contribution in [0.4, 0.5) is 23.0 Å². The molecule has 0 aliphatic carbocycles. The minimum absolute atomic E-state index is 0.0824. The monoisotopic (exact) mass is 455 g/mol. The highest BCUT2D eigenvalue weighted by Gasteiger charge is 2.19. The lowest BCUT2D eigenvalue weighted by molar-refractivity contribution is -0.118. The van der Waals surface area contributed by atoms with E-state index in [1.54, 1.807) is 23.5 Å². The molecule has 4 heterocycles. The first kappa shape index (κ1) is 23.1. The molecule has 4 N–H and O–H groups in total. The molecule has 1 saturated heterocycles. The molecule has 3 aromatic heterocycles. The summed E-state index contributed by atoms with van der Waals surface area (Å²) in [5.41, 5.74) is 10.8. The molecule has 0 unspecified atom stereocenters. The van der Waals surface area contributed by atoms with E-state index in [-0.39, 0.29) is 5.91 Å². The predicted molar refractivity (Wildman–Crippen MR) is 138 cm³/mol. The Morgan fingerprint density at radius 2 is 1.88 bits per heavy atom. The van der Waals surface area contributed by atoms with E-state index in [1.807, 2.05) is 63.2 Å². The van der Waals surface area contributed by atoms with Crippen LogP contribution < -0.4 is 21.3 Å². The first-order valence-corrected chi connectivity index (χ1v) is 11.4. The third-order valence-corrected chi connectivity index (χ3v) is 5.60. The summed E-state index contributed by atoms with van der Waals surface area (Å²) in [6.45, 7) is 7.87. The van der Waals surface area contributed by atoms with Crippen LogP contribution in [0, 0.1) is 6.92 Å². The number of rotatable bonds is 4. The van der Waals surface area contributed by atoms with Gasteiger partial charge in [-0.1, -0.05) is 13.8 Å². The minimum atomic E-state index is 0.0824. The standard InChI is InChI=1S/C24H23N7O.C2H6/c1-15-6-7-26-12-19(15)21-10-16-11-22(28-13-20(16)24(25)30-21)29-17-2-4-18(5-3-17)31-9-8-27-14-23(31)32;1-2/h2-7,10-13,27H,8-9,14H2,1H3,(H2,25,30)(H,28,29);1-2H3. The third kappa shape index (κ3) is 4.82. The number of benzene rings is 1. The molecule has 1 amide bonds. The van der Waals surface area contributed by atoms with Crippen LogP contribution in [0.5, 0.6) is 0 Å². The number of carbonyl (C=O) groups is 1. The van der Waals surface area contributed by atoms with Gasteiger partial charge < -0.3 is 21.3 Å². The molecule has 34 heavy (non-hydrogen) atoms. The molecule has 8 nitrogen and oxygen atoms in total. The van der Waals surface area contributed by atoms with E-state index in [1.165, 1.54) is 0 Å². The van der Waals surface area contributed by atoms with Crippen molar-refractivity contribution in [1.29, 1.82) is 0 Å². The van der Waals surface area contributed by atoms with Crippen molar-refractivity contribution in [2.24, 2.45) is 0 Å². The van der Waals surface area contributed by atoms with Crippen molar-refractivity contribution in [3.05, 3.63) is 66.6 Å². The smallest absolute Gasteiger partial charge is 0.240 e. The summed E-state index contributed by atoms with van der Waals surface area (Å²) in [7, 11) is 0. The maximum atomic E-state index is 12.1. The van der Waals surface area contributed by atoms with Crippen LogP contribution in [0.1, 0.15) is 19.4 Å². The maximum Gasteiger partial charge on any atom is 0.240 e. The number of anilines is 4. The zero-order valence-electron chi connectivity index (χ0n) is 19.7.